The van der Waals surface area contributed by atoms with Crippen molar-refractivity contribution < 1.29 is 9.59 Å². The molecule has 1 saturated heterocycles. The molecule has 1 aliphatic heterocycles. The van der Waals surface area contributed by atoms with Gasteiger partial charge in [-0.25, -0.2) is 9.97 Å². The molecule has 0 bridgehead atoms. The number of hydrogen-bond donors (Lipinski definition) is 0. The number of hydrogen-bond acceptors (Lipinski definition) is 6. The minimum Gasteiger partial charge on any atom is -0.338 e. The molecule has 3 rings (SSSR count). The molecule has 8 heteroatoms. The Hall–Kier alpha value is -3.03. The molecule has 0 saturated carbocycles. The Morgan fingerprint density at radius 3 is 2.31 bits per heavy atom. The van der Waals surface area contributed by atoms with E-state index in [9.17, 15) is 9.59 Å². The van der Waals surface area contributed by atoms with Crippen LogP contribution < -0.4 is 4.90 Å². The second-order valence-corrected chi connectivity index (χ2v) is 6.11. The third kappa shape index (κ3) is 4.53. The third-order valence-corrected chi connectivity index (χ3v) is 4.32. The van der Waals surface area contributed by atoms with Gasteiger partial charge in [0.1, 0.15) is 6.54 Å². The van der Waals surface area contributed by atoms with E-state index in [1.807, 2.05) is 18.2 Å². The average molecular weight is 354 g/mol. The second kappa shape index (κ2) is 8.37. The van der Waals surface area contributed by atoms with Crippen LogP contribution in [0.5, 0.6) is 0 Å². The van der Waals surface area contributed by atoms with Gasteiger partial charge in [-0.3, -0.25) is 14.6 Å². The van der Waals surface area contributed by atoms with Gasteiger partial charge < -0.3 is 14.7 Å². The van der Waals surface area contributed by atoms with Gasteiger partial charge in [0.25, 0.3) is 0 Å². The fourth-order valence-electron chi connectivity index (χ4n) is 2.84. The Morgan fingerprint density at radius 2 is 1.69 bits per heavy atom. The van der Waals surface area contributed by atoms with Crippen LogP contribution in [0.2, 0.25) is 0 Å². The first-order valence-electron chi connectivity index (χ1n) is 8.58. The van der Waals surface area contributed by atoms with Gasteiger partial charge in [0.05, 0.1) is 12.2 Å². The van der Waals surface area contributed by atoms with E-state index in [1.54, 1.807) is 29.6 Å². The summed E-state index contributed by atoms with van der Waals surface area (Å²) in [4.78, 5) is 42.6. The third-order valence-electron chi connectivity index (χ3n) is 4.32. The lowest BCUT2D eigenvalue weighted by molar-refractivity contribution is -0.140. The van der Waals surface area contributed by atoms with Gasteiger partial charge >= 0.3 is 0 Å². The highest BCUT2D eigenvalue weighted by atomic mass is 16.2. The Kier molecular flexibility index (Phi) is 5.73. The molecular formula is C18H22N6O2. The van der Waals surface area contributed by atoms with E-state index in [2.05, 4.69) is 19.9 Å². The van der Waals surface area contributed by atoms with Crippen molar-refractivity contribution in [2.45, 2.75) is 13.5 Å². The number of rotatable bonds is 5. The molecule has 2 amide bonds. The van der Waals surface area contributed by atoms with Crippen LogP contribution >= 0.6 is 0 Å². The number of anilines is 1. The van der Waals surface area contributed by atoms with Crippen LogP contribution in [0, 0.1) is 0 Å². The summed E-state index contributed by atoms with van der Waals surface area (Å²) >= 11 is 0. The average Bonchev–Trinajstić information content (AvgIpc) is 2.69. The molecule has 2 aromatic rings. The molecule has 2 aromatic heterocycles. The highest BCUT2D eigenvalue weighted by molar-refractivity contribution is 5.84. The van der Waals surface area contributed by atoms with Gasteiger partial charge in [-0.15, -0.1) is 0 Å². The van der Waals surface area contributed by atoms with Crippen molar-refractivity contribution in [3.8, 4) is 0 Å². The highest BCUT2D eigenvalue weighted by Gasteiger charge is 2.24. The number of aromatic nitrogens is 3. The Bertz CT molecular complexity index is 732. The lowest BCUT2D eigenvalue weighted by Crippen LogP contribution is -2.52. The van der Waals surface area contributed by atoms with E-state index >= 15 is 0 Å². The molecule has 0 aliphatic carbocycles. The van der Waals surface area contributed by atoms with Gasteiger partial charge in [-0.2, -0.15) is 0 Å². The van der Waals surface area contributed by atoms with Crippen LogP contribution in [0.3, 0.4) is 0 Å². The summed E-state index contributed by atoms with van der Waals surface area (Å²) in [5.41, 5.74) is 0.765. The maximum Gasteiger partial charge on any atom is 0.242 e. The molecule has 0 radical (unpaired) electrons. The van der Waals surface area contributed by atoms with E-state index in [0.29, 0.717) is 38.7 Å². The predicted molar refractivity (Wildman–Crippen MR) is 96.2 cm³/mol. The summed E-state index contributed by atoms with van der Waals surface area (Å²) in [6, 6.07) is 7.32. The molecule has 8 nitrogen and oxygen atoms in total. The normalized spacial score (nSPS) is 14.2. The molecular weight excluding hydrogens is 332 g/mol. The maximum absolute atomic E-state index is 12.6. The maximum atomic E-state index is 12.6. The van der Waals surface area contributed by atoms with Crippen LogP contribution in [-0.2, 0) is 16.1 Å². The molecule has 1 aliphatic rings. The summed E-state index contributed by atoms with van der Waals surface area (Å²) < 4.78 is 0. The topological polar surface area (TPSA) is 82.5 Å². The molecule has 0 aromatic carbocycles. The van der Waals surface area contributed by atoms with Crippen molar-refractivity contribution in [2.75, 3.05) is 37.6 Å². The zero-order chi connectivity index (χ0) is 18.4. The second-order valence-electron chi connectivity index (χ2n) is 6.11. The summed E-state index contributed by atoms with van der Waals surface area (Å²) in [5, 5.41) is 0. The van der Waals surface area contributed by atoms with E-state index in [0.717, 1.165) is 5.69 Å². The minimum absolute atomic E-state index is 0.0511. The summed E-state index contributed by atoms with van der Waals surface area (Å²) in [7, 11) is 0. The first-order chi connectivity index (χ1) is 12.6. The molecule has 136 valence electrons. The smallest absolute Gasteiger partial charge is 0.242 e. The van der Waals surface area contributed by atoms with Crippen LogP contribution in [0.25, 0.3) is 0 Å². The van der Waals surface area contributed by atoms with Crippen LogP contribution in [0.1, 0.15) is 12.6 Å². The van der Waals surface area contributed by atoms with Crippen molar-refractivity contribution in [3.63, 3.8) is 0 Å². The molecule has 0 spiro atoms. The van der Waals surface area contributed by atoms with Gasteiger partial charge in [0.2, 0.25) is 17.8 Å². The zero-order valence-corrected chi connectivity index (χ0v) is 14.8. The number of carbonyl (C=O) groups is 2. The fourth-order valence-corrected chi connectivity index (χ4v) is 2.84. The molecule has 26 heavy (non-hydrogen) atoms. The Labute approximate surface area is 152 Å². The highest BCUT2D eigenvalue weighted by Crippen LogP contribution is 2.10. The van der Waals surface area contributed by atoms with Crippen molar-refractivity contribution >= 4 is 17.8 Å². The predicted octanol–water partition coefficient (Wildman–Crippen LogP) is 0.569. The van der Waals surface area contributed by atoms with Gasteiger partial charge in [-0.05, 0) is 18.2 Å². The molecule has 1 fully saturated rings. The number of pyridine rings is 1. The molecule has 0 unspecified atom stereocenters. The van der Waals surface area contributed by atoms with Crippen molar-refractivity contribution in [2.24, 2.45) is 0 Å². The zero-order valence-electron chi connectivity index (χ0n) is 14.8. The van der Waals surface area contributed by atoms with Crippen molar-refractivity contribution in [1.82, 2.24) is 24.8 Å². The molecule has 3 heterocycles. The fraction of sp³-hybridized carbons (Fsp3) is 0.389. The first kappa shape index (κ1) is 17.8. The summed E-state index contributed by atoms with van der Waals surface area (Å²) in [6.07, 6.45) is 5.10. The van der Waals surface area contributed by atoms with Gasteiger partial charge in [-0.1, -0.05) is 6.07 Å². The van der Waals surface area contributed by atoms with Gasteiger partial charge in [0, 0.05) is 51.7 Å². The monoisotopic (exact) mass is 354 g/mol. The number of piperazine rings is 1. The summed E-state index contributed by atoms with van der Waals surface area (Å²) in [5.74, 6) is 0.491. The SMILES string of the molecule is CC(=O)N(CC(=O)N1CCN(c2ncccn2)CC1)Cc1ccccn1. The largest absolute Gasteiger partial charge is 0.338 e. The van der Waals surface area contributed by atoms with Crippen molar-refractivity contribution in [3.05, 3.63) is 48.5 Å². The van der Waals surface area contributed by atoms with Crippen molar-refractivity contribution in [1.29, 1.82) is 0 Å². The van der Waals surface area contributed by atoms with Gasteiger partial charge in [0.15, 0.2) is 0 Å². The minimum atomic E-state index is -0.139. The number of amides is 2. The van der Waals surface area contributed by atoms with Crippen LogP contribution in [0.4, 0.5) is 5.95 Å². The first-order valence-corrected chi connectivity index (χ1v) is 8.58. The lowest BCUT2D eigenvalue weighted by Gasteiger charge is -2.35. The van der Waals surface area contributed by atoms with E-state index in [-0.39, 0.29) is 18.4 Å². The van der Waals surface area contributed by atoms with E-state index in [1.165, 1.54) is 11.8 Å². The molecule has 0 atom stereocenters. The van der Waals surface area contributed by atoms with Crippen LogP contribution in [-0.4, -0.2) is 69.3 Å². The van der Waals surface area contributed by atoms with E-state index in [4.69, 9.17) is 0 Å². The van der Waals surface area contributed by atoms with E-state index < -0.39 is 0 Å². The Morgan fingerprint density at radius 1 is 1.00 bits per heavy atom. The quantitative estimate of drug-likeness (QED) is 0.781. The number of carbonyl (C=O) groups excluding carboxylic acids is 2. The lowest BCUT2D eigenvalue weighted by atomic mass is 10.3. The van der Waals surface area contributed by atoms with Crippen LogP contribution in [0.15, 0.2) is 42.9 Å². The standard InChI is InChI=1S/C18H22N6O2/c1-15(25)24(13-16-5-2-3-6-19-16)14-17(26)22-9-11-23(12-10-22)18-20-7-4-8-21-18/h2-8H,9-14H2,1H3. The Balaban J connectivity index is 1.54. The number of nitrogens with zero attached hydrogens (tertiary/aromatic N) is 6. The summed E-state index contributed by atoms with van der Waals surface area (Å²) in [6.45, 7) is 4.40. The molecule has 0 N–H and O–H groups in total.